The number of ether oxygens (including phenoxy) is 1. The molecule has 0 atom stereocenters. The molecule has 3 aromatic rings. The number of hydrogen-bond acceptors (Lipinski definition) is 5. The Balaban J connectivity index is 1.41. The van der Waals surface area contributed by atoms with Gasteiger partial charge in [-0.15, -0.1) is 0 Å². The molecule has 2 heterocycles. The van der Waals surface area contributed by atoms with E-state index < -0.39 is 10.0 Å². The molecule has 0 N–H and O–H groups in total. The van der Waals surface area contributed by atoms with E-state index >= 15 is 0 Å². The van der Waals surface area contributed by atoms with E-state index in [9.17, 15) is 13.2 Å². The minimum atomic E-state index is -3.54. The molecule has 4 rings (SSSR count). The van der Waals surface area contributed by atoms with Gasteiger partial charge in [-0.3, -0.25) is 4.79 Å². The van der Waals surface area contributed by atoms with Gasteiger partial charge in [-0.1, -0.05) is 30.3 Å². The molecule has 0 aliphatic carbocycles. The summed E-state index contributed by atoms with van der Waals surface area (Å²) in [6.45, 7) is 5.90. The lowest BCUT2D eigenvalue weighted by atomic mass is 10.1. The van der Waals surface area contributed by atoms with Crippen LogP contribution < -0.4 is 0 Å². The highest BCUT2D eigenvalue weighted by Crippen LogP contribution is 2.20. The highest BCUT2D eigenvalue weighted by molar-refractivity contribution is 7.89. The number of sulfonamides is 1. The van der Waals surface area contributed by atoms with Crippen LogP contribution in [0.5, 0.6) is 0 Å². The van der Waals surface area contributed by atoms with Gasteiger partial charge in [0.1, 0.15) is 0 Å². The smallest absolute Gasteiger partial charge is 0.246 e. The Morgan fingerprint density at radius 1 is 1.06 bits per heavy atom. The quantitative estimate of drug-likeness (QED) is 0.471. The number of para-hydroxylation sites is 1. The van der Waals surface area contributed by atoms with Gasteiger partial charge in [-0.25, -0.2) is 13.1 Å². The predicted molar refractivity (Wildman–Crippen MR) is 135 cm³/mol. The fourth-order valence-corrected chi connectivity index (χ4v) is 5.43. The van der Waals surface area contributed by atoms with Gasteiger partial charge in [0.2, 0.25) is 15.9 Å². The lowest BCUT2D eigenvalue weighted by molar-refractivity contribution is -0.125. The molecule has 1 saturated heterocycles. The first-order valence-electron chi connectivity index (χ1n) is 11.5. The van der Waals surface area contributed by atoms with E-state index in [4.69, 9.17) is 4.74 Å². The summed E-state index contributed by atoms with van der Waals surface area (Å²) in [6.07, 6.45) is 3.19. The maximum absolute atomic E-state index is 12.8. The first-order valence-corrected chi connectivity index (χ1v) is 12.9. The molecule has 35 heavy (non-hydrogen) atoms. The molecule has 0 spiro atoms. The van der Waals surface area contributed by atoms with Gasteiger partial charge in [0.05, 0.1) is 29.5 Å². The van der Waals surface area contributed by atoms with Crippen LogP contribution in [0.4, 0.5) is 0 Å². The lowest BCUT2D eigenvalue weighted by Gasteiger charge is -2.26. The summed E-state index contributed by atoms with van der Waals surface area (Å²) in [4.78, 5) is 14.6. The third kappa shape index (κ3) is 5.53. The Morgan fingerprint density at radius 3 is 2.37 bits per heavy atom. The number of likely N-dealkylation sites (N-methyl/N-ethyl adjacent to an activating group) is 1. The molecule has 0 saturated carbocycles. The number of carbonyl (C=O) groups is 1. The van der Waals surface area contributed by atoms with Crippen molar-refractivity contribution in [2.24, 2.45) is 0 Å². The van der Waals surface area contributed by atoms with Crippen molar-refractivity contribution in [3.8, 4) is 5.69 Å². The Labute approximate surface area is 206 Å². The van der Waals surface area contributed by atoms with Crippen molar-refractivity contribution in [3.05, 3.63) is 83.2 Å². The zero-order valence-electron chi connectivity index (χ0n) is 20.2. The van der Waals surface area contributed by atoms with Crippen LogP contribution in [0.15, 0.2) is 65.6 Å². The topological polar surface area (TPSA) is 84.7 Å². The molecule has 1 aromatic heterocycles. The Kier molecular flexibility index (Phi) is 7.49. The minimum absolute atomic E-state index is 0.152. The molecule has 0 bridgehead atoms. The van der Waals surface area contributed by atoms with Crippen LogP contribution in [-0.4, -0.2) is 66.7 Å². The van der Waals surface area contributed by atoms with Crippen LogP contribution in [0.3, 0.4) is 0 Å². The van der Waals surface area contributed by atoms with Gasteiger partial charge >= 0.3 is 0 Å². The number of morpholine rings is 1. The van der Waals surface area contributed by atoms with Gasteiger partial charge in [-0.05, 0) is 49.8 Å². The zero-order valence-corrected chi connectivity index (χ0v) is 21.0. The predicted octanol–water partition coefficient (Wildman–Crippen LogP) is 3.18. The fourth-order valence-electron chi connectivity index (χ4n) is 4.02. The highest BCUT2D eigenvalue weighted by atomic mass is 32.2. The van der Waals surface area contributed by atoms with Gasteiger partial charge in [0.15, 0.2) is 0 Å². The van der Waals surface area contributed by atoms with E-state index in [0.29, 0.717) is 32.8 Å². The molecule has 1 aliphatic rings. The normalized spacial score (nSPS) is 14.9. The van der Waals surface area contributed by atoms with Gasteiger partial charge in [0.25, 0.3) is 0 Å². The third-order valence-corrected chi connectivity index (χ3v) is 8.03. The van der Waals surface area contributed by atoms with Gasteiger partial charge in [0, 0.05) is 44.0 Å². The molecule has 8 nitrogen and oxygen atoms in total. The van der Waals surface area contributed by atoms with Crippen LogP contribution in [0.2, 0.25) is 0 Å². The molecule has 1 aliphatic heterocycles. The van der Waals surface area contributed by atoms with Crippen LogP contribution in [0.1, 0.15) is 22.5 Å². The molecule has 2 aromatic carbocycles. The number of rotatable bonds is 7. The SMILES string of the molecule is Cc1nn(-c2ccccc2)c(C)c1CN(C)C(=O)/C=C/c1ccc(S(=O)(=O)N2CCOCC2)cc1. The van der Waals surface area contributed by atoms with Crippen LogP contribution >= 0.6 is 0 Å². The van der Waals surface area contributed by atoms with E-state index in [-0.39, 0.29) is 10.8 Å². The second-order valence-electron chi connectivity index (χ2n) is 8.51. The number of nitrogens with zero attached hydrogens (tertiary/aromatic N) is 4. The summed E-state index contributed by atoms with van der Waals surface area (Å²) in [6, 6.07) is 16.5. The molecule has 0 radical (unpaired) electrons. The highest BCUT2D eigenvalue weighted by Gasteiger charge is 2.26. The molecule has 184 valence electrons. The first kappa shape index (κ1) is 24.8. The first-order chi connectivity index (χ1) is 16.8. The average Bonchev–Trinajstić information content (AvgIpc) is 3.16. The van der Waals surface area contributed by atoms with Crippen molar-refractivity contribution in [1.29, 1.82) is 0 Å². The maximum Gasteiger partial charge on any atom is 0.246 e. The molecule has 0 unspecified atom stereocenters. The summed E-state index contributed by atoms with van der Waals surface area (Å²) in [5.41, 5.74) is 4.61. The summed E-state index contributed by atoms with van der Waals surface area (Å²) in [5, 5.41) is 4.65. The number of aromatic nitrogens is 2. The van der Waals surface area contributed by atoms with Crippen LogP contribution in [-0.2, 0) is 26.1 Å². The van der Waals surface area contributed by atoms with Gasteiger partial charge < -0.3 is 9.64 Å². The monoisotopic (exact) mass is 494 g/mol. The maximum atomic E-state index is 12.8. The molecular weight excluding hydrogens is 464 g/mol. The summed E-state index contributed by atoms with van der Waals surface area (Å²) >= 11 is 0. The molecule has 1 fully saturated rings. The van der Waals surface area contributed by atoms with E-state index in [1.807, 2.05) is 48.9 Å². The van der Waals surface area contributed by atoms with Crippen LogP contribution in [0.25, 0.3) is 11.8 Å². The van der Waals surface area contributed by atoms with Gasteiger partial charge in [-0.2, -0.15) is 9.40 Å². The Hall–Kier alpha value is -3.27. The standard InChI is InChI=1S/C26H30N4O4S/c1-20-25(21(2)30(27-20)23-7-5-4-6-8-23)19-28(3)26(31)14-11-22-9-12-24(13-10-22)35(32,33)29-15-17-34-18-16-29/h4-14H,15-19H2,1-3H3/b14-11+. The molecule has 1 amide bonds. The van der Waals surface area contributed by atoms with E-state index in [1.165, 1.54) is 10.4 Å². The Morgan fingerprint density at radius 2 is 1.71 bits per heavy atom. The molecule has 9 heteroatoms. The molecular formula is C26H30N4O4S. The summed E-state index contributed by atoms with van der Waals surface area (Å²) < 4.78 is 34.1. The van der Waals surface area contributed by atoms with Crippen molar-refractivity contribution in [2.75, 3.05) is 33.4 Å². The second-order valence-corrected chi connectivity index (χ2v) is 10.4. The van der Waals surface area contributed by atoms with Crippen molar-refractivity contribution in [1.82, 2.24) is 19.0 Å². The second kappa shape index (κ2) is 10.6. The van der Waals surface area contributed by atoms with Crippen LogP contribution in [0, 0.1) is 13.8 Å². The largest absolute Gasteiger partial charge is 0.379 e. The van der Waals surface area contributed by atoms with E-state index in [2.05, 4.69) is 5.10 Å². The Bertz CT molecular complexity index is 1310. The van der Waals surface area contributed by atoms with E-state index in [1.54, 1.807) is 42.3 Å². The van der Waals surface area contributed by atoms with Crippen molar-refractivity contribution in [3.63, 3.8) is 0 Å². The fraction of sp³-hybridized carbons (Fsp3) is 0.308. The average molecular weight is 495 g/mol. The number of amides is 1. The van der Waals surface area contributed by atoms with E-state index in [0.717, 1.165) is 28.2 Å². The lowest BCUT2D eigenvalue weighted by Crippen LogP contribution is -2.40. The van der Waals surface area contributed by atoms with Crippen molar-refractivity contribution < 1.29 is 17.9 Å². The minimum Gasteiger partial charge on any atom is -0.379 e. The van der Waals surface area contributed by atoms with Crippen molar-refractivity contribution >= 4 is 22.0 Å². The number of carbonyl (C=O) groups excluding carboxylic acids is 1. The number of hydrogen-bond donors (Lipinski definition) is 0. The zero-order chi connectivity index (χ0) is 25.0. The summed E-state index contributed by atoms with van der Waals surface area (Å²) in [7, 11) is -1.78. The van der Waals surface area contributed by atoms with Crippen molar-refractivity contribution in [2.45, 2.75) is 25.3 Å². The number of aryl methyl sites for hydroxylation is 1. The third-order valence-electron chi connectivity index (χ3n) is 6.12. The number of benzene rings is 2. The summed E-state index contributed by atoms with van der Waals surface area (Å²) in [5.74, 6) is -0.152.